The molecular weight excluding hydrogens is 408 g/mol. The van der Waals surface area contributed by atoms with Crippen molar-refractivity contribution in [2.75, 3.05) is 26.0 Å². The second-order valence-electron chi connectivity index (χ2n) is 8.40. The van der Waals surface area contributed by atoms with Crippen LogP contribution < -0.4 is 5.32 Å². The Kier molecular flexibility index (Phi) is 9.00. The van der Waals surface area contributed by atoms with Gasteiger partial charge in [-0.1, -0.05) is 25.5 Å². The predicted molar refractivity (Wildman–Crippen MR) is 115 cm³/mol. The van der Waals surface area contributed by atoms with E-state index in [0.717, 1.165) is 38.0 Å². The van der Waals surface area contributed by atoms with Crippen LogP contribution in [0, 0.1) is 0 Å². The standard InChI is InChI=1S/C21H36N2O6S/c1-3-4-11-28-14-9-10-23(2)15(14)20(27)22-13-8-6-5-7-12-30-21-18(26)16(24)17(25)19(13)29-21/h5-6,13-19,21,24-26H,3-4,7-12H2,1-2H3,(H,22,27)/b6-5-/t13-,14-,15?,16?,17?,18?,19?,21?/m1/s1. The van der Waals surface area contributed by atoms with Crippen LogP contribution in [0.5, 0.6) is 0 Å². The fraction of sp³-hybridized carbons (Fsp3) is 0.857. The first kappa shape index (κ1) is 24.0. The average Bonchev–Trinajstić information content (AvgIpc) is 3.10. The van der Waals surface area contributed by atoms with Crippen molar-refractivity contribution in [3.05, 3.63) is 12.2 Å². The minimum Gasteiger partial charge on any atom is -0.388 e. The number of thioether (sulfide) groups is 1. The first-order valence-electron chi connectivity index (χ1n) is 11.0. The van der Waals surface area contributed by atoms with Crippen molar-refractivity contribution < 1.29 is 29.6 Å². The molecule has 3 aliphatic rings. The Morgan fingerprint density at radius 1 is 1.27 bits per heavy atom. The van der Waals surface area contributed by atoms with Gasteiger partial charge in [-0.3, -0.25) is 9.69 Å². The third-order valence-electron chi connectivity index (χ3n) is 6.15. The van der Waals surface area contributed by atoms with Gasteiger partial charge in [0, 0.05) is 13.2 Å². The smallest absolute Gasteiger partial charge is 0.240 e. The van der Waals surface area contributed by atoms with Crippen LogP contribution in [0.25, 0.3) is 0 Å². The summed E-state index contributed by atoms with van der Waals surface area (Å²) in [4.78, 5) is 15.2. The van der Waals surface area contributed by atoms with Gasteiger partial charge in [0.05, 0.1) is 12.1 Å². The van der Waals surface area contributed by atoms with Crippen molar-refractivity contribution in [3.8, 4) is 0 Å². The van der Waals surface area contributed by atoms with Gasteiger partial charge in [0.2, 0.25) is 5.91 Å². The Morgan fingerprint density at radius 2 is 2.07 bits per heavy atom. The number of aliphatic hydroxyl groups is 3. The summed E-state index contributed by atoms with van der Waals surface area (Å²) in [7, 11) is 1.92. The highest BCUT2D eigenvalue weighted by molar-refractivity contribution is 7.99. The third kappa shape index (κ3) is 5.56. The molecule has 2 saturated heterocycles. The van der Waals surface area contributed by atoms with Crippen molar-refractivity contribution in [2.24, 2.45) is 0 Å². The molecule has 0 spiro atoms. The maximum Gasteiger partial charge on any atom is 0.240 e. The van der Waals surface area contributed by atoms with Gasteiger partial charge >= 0.3 is 0 Å². The number of carbonyl (C=O) groups excluding carboxylic acids is 1. The van der Waals surface area contributed by atoms with Gasteiger partial charge in [0.1, 0.15) is 35.9 Å². The van der Waals surface area contributed by atoms with Crippen LogP contribution in [-0.2, 0) is 14.3 Å². The summed E-state index contributed by atoms with van der Waals surface area (Å²) in [5.74, 6) is 0.585. The first-order valence-corrected chi connectivity index (χ1v) is 12.1. The second-order valence-corrected chi connectivity index (χ2v) is 9.61. The van der Waals surface area contributed by atoms with Crippen LogP contribution in [0.1, 0.15) is 39.0 Å². The molecule has 30 heavy (non-hydrogen) atoms. The van der Waals surface area contributed by atoms with E-state index < -0.39 is 41.9 Å². The summed E-state index contributed by atoms with van der Waals surface area (Å²) in [6.45, 7) is 3.53. The Bertz CT molecular complexity index is 594. The van der Waals surface area contributed by atoms with E-state index in [-0.39, 0.29) is 12.0 Å². The molecule has 0 aromatic rings. The maximum atomic E-state index is 13.2. The van der Waals surface area contributed by atoms with Crippen LogP contribution >= 0.6 is 11.8 Å². The number of nitrogens with zero attached hydrogens (tertiary/aromatic N) is 1. The fourth-order valence-corrected chi connectivity index (χ4v) is 5.40. The fourth-order valence-electron chi connectivity index (χ4n) is 4.33. The number of unbranched alkanes of at least 4 members (excludes halogenated alkanes) is 1. The largest absolute Gasteiger partial charge is 0.388 e. The summed E-state index contributed by atoms with van der Waals surface area (Å²) >= 11 is 1.41. The molecule has 3 aliphatic heterocycles. The summed E-state index contributed by atoms with van der Waals surface area (Å²) in [5.41, 5.74) is -0.640. The topological polar surface area (TPSA) is 111 Å². The van der Waals surface area contributed by atoms with Gasteiger partial charge in [-0.15, -0.1) is 11.8 Å². The van der Waals surface area contributed by atoms with E-state index in [4.69, 9.17) is 9.47 Å². The normalized spacial score (nSPS) is 41.4. The summed E-state index contributed by atoms with van der Waals surface area (Å²) in [5, 5.41) is 34.2. The van der Waals surface area contributed by atoms with E-state index in [9.17, 15) is 20.1 Å². The van der Waals surface area contributed by atoms with Crippen LogP contribution in [0.15, 0.2) is 12.2 Å². The number of carbonyl (C=O) groups is 1. The predicted octanol–water partition coefficient (Wildman–Crippen LogP) is 0.251. The number of likely N-dealkylation sites (tertiary alicyclic amines) is 1. The molecule has 1 amide bonds. The minimum atomic E-state index is -1.32. The lowest BCUT2D eigenvalue weighted by Gasteiger charge is -2.44. The number of aliphatic hydroxyl groups excluding tert-OH is 3. The first-order chi connectivity index (χ1) is 14.4. The van der Waals surface area contributed by atoms with Crippen molar-refractivity contribution in [1.82, 2.24) is 10.2 Å². The zero-order valence-electron chi connectivity index (χ0n) is 17.9. The molecular formula is C21H36N2O6S. The van der Waals surface area contributed by atoms with E-state index in [1.165, 1.54) is 11.8 Å². The van der Waals surface area contributed by atoms with Crippen molar-refractivity contribution in [1.29, 1.82) is 0 Å². The van der Waals surface area contributed by atoms with Gasteiger partial charge in [0.15, 0.2) is 0 Å². The average molecular weight is 445 g/mol. The number of hydrogen-bond donors (Lipinski definition) is 4. The van der Waals surface area contributed by atoms with Crippen LogP contribution in [0.3, 0.4) is 0 Å². The van der Waals surface area contributed by atoms with Gasteiger partial charge < -0.3 is 30.1 Å². The van der Waals surface area contributed by atoms with Gasteiger partial charge in [-0.2, -0.15) is 0 Å². The van der Waals surface area contributed by atoms with Gasteiger partial charge in [0.25, 0.3) is 0 Å². The van der Waals surface area contributed by atoms with Crippen molar-refractivity contribution in [3.63, 3.8) is 0 Å². The number of rotatable bonds is 6. The molecule has 9 heteroatoms. The molecule has 0 aliphatic carbocycles. The lowest BCUT2D eigenvalue weighted by atomic mass is 9.92. The van der Waals surface area contributed by atoms with E-state index in [0.29, 0.717) is 13.0 Å². The molecule has 2 fully saturated rings. The molecule has 8 nitrogen and oxygen atoms in total. The lowest BCUT2D eigenvalue weighted by Crippen LogP contribution is -2.63. The number of nitrogens with one attached hydrogen (secondary N) is 1. The lowest BCUT2D eigenvalue weighted by molar-refractivity contribution is -0.205. The Hall–Kier alpha value is -0.680. The molecule has 0 aromatic heterocycles. The summed E-state index contributed by atoms with van der Waals surface area (Å²) in [6.07, 6.45) is 3.37. The number of allylic oxidation sites excluding steroid dienone is 1. The molecule has 2 bridgehead atoms. The van der Waals surface area contributed by atoms with E-state index in [1.807, 2.05) is 24.1 Å². The molecule has 172 valence electrons. The number of amides is 1. The highest BCUT2D eigenvalue weighted by Crippen LogP contribution is 2.32. The van der Waals surface area contributed by atoms with E-state index in [1.54, 1.807) is 0 Å². The maximum absolute atomic E-state index is 13.2. The summed E-state index contributed by atoms with van der Waals surface area (Å²) in [6, 6.07) is -0.917. The zero-order chi connectivity index (χ0) is 21.7. The Morgan fingerprint density at radius 3 is 2.83 bits per heavy atom. The number of hydrogen-bond acceptors (Lipinski definition) is 8. The van der Waals surface area contributed by atoms with Crippen LogP contribution in [-0.4, -0.2) is 100 Å². The van der Waals surface area contributed by atoms with Crippen molar-refractivity contribution >= 4 is 17.7 Å². The molecule has 3 heterocycles. The Balaban J connectivity index is 1.72. The van der Waals surface area contributed by atoms with Crippen LogP contribution in [0.4, 0.5) is 0 Å². The highest BCUT2D eigenvalue weighted by Gasteiger charge is 2.48. The molecule has 4 N–H and O–H groups in total. The highest BCUT2D eigenvalue weighted by atomic mass is 32.2. The zero-order valence-corrected chi connectivity index (χ0v) is 18.7. The van der Waals surface area contributed by atoms with Crippen LogP contribution in [0.2, 0.25) is 0 Å². The number of likely N-dealkylation sites (N-methyl/N-ethyl adjacent to an activating group) is 1. The van der Waals surface area contributed by atoms with E-state index >= 15 is 0 Å². The Labute approximate surface area is 183 Å². The monoisotopic (exact) mass is 444 g/mol. The summed E-state index contributed by atoms with van der Waals surface area (Å²) < 4.78 is 12.0. The molecule has 0 aromatic carbocycles. The molecule has 8 atom stereocenters. The molecule has 3 rings (SSSR count). The quantitative estimate of drug-likeness (QED) is 0.341. The third-order valence-corrected chi connectivity index (χ3v) is 7.34. The number of ether oxygens (including phenoxy) is 2. The van der Waals surface area contributed by atoms with Gasteiger partial charge in [-0.05, 0) is 38.5 Å². The SMILES string of the molecule is CCCCO[C@@H]1CCN(C)C1C(=O)N[C@@H]1C/C=C\CCSC2OC1C(O)C(O)C2O. The van der Waals surface area contributed by atoms with Crippen molar-refractivity contribution in [2.45, 2.75) is 87.1 Å². The van der Waals surface area contributed by atoms with E-state index in [2.05, 4.69) is 12.2 Å². The minimum absolute atomic E-state index is 0.160. The molecule has 6 unspecified atom stereocenters. The molecule has 0 radical (unpaired) electrons. The number of fused-ring (bicyclic) bond motifs is 2. The molecule has 0 saturated carbocycles. The second kappa shape index (κ2) is 11.3. The van der Waals surface area contributed by atoms with Gasteiger partial charge in [-0.25, -0.2) is 0 Å².